The zero-order chi connectivity index (χ0) is 9.26. The monoisotopic (exact) mass is 182 g/mol. The molecule has 2 aliphatic rings. The van der Waals surface area contributed by atoms with Crippen LogP contribution >= 0.6 is 0 Å². The summed E-state index contributed by atoms with van der Waals surface area (Å²) in [5.74, 6) is 0.805. The van der Waals surface area contributed by atoms with Crippen molar-refractivity contribution in [1.82, 2.24) is 10.2 Å². The highest BCUT2D eigenvalue weighted by Crippen LogP contribution is 2.29. The minimum absolute atomic E-state index is 0.158. The van der Waals surface area contributed by atoms with Gasteiger partial charge in [0.15, 0.2) is 0 Å². The van der Waals surface area contributed by atoms with Gasteiger partial charge in [-0.25, -0.2) is 4.79 Å². The summed E-state index contributed by atoms with van der Waals surface area (Å²) in [5, 5.41) is 2.91. The maximum absolute atomic E-state index is 11.5. The Hall–Kier alpha value is -0.730. The Morgan fingerprint density at radius 3 is 2.92 bits per heavy atom. The van der Waals surface area contributed by atoms with E-state index in [2.05, 4.69) is 12.2 Å². The molecule has 3 nitrogen and oxygen atoms in total. The van der Waals surface area contributed by atoms with Crippen molar-refractivity contribution in [3.8, 4) is 0 Å². The van der Waals surface area contributed by atoms with Crippen LogP contribution in [0.1, 0.15) is 32.6 Å². The lowest BCUT2D eigenvalue weighted by Crippen LogP contribution is -2.50. The quantitative estimate of drug-likeness (QED) is 0.656. The van der Waals surface area contributed by atoms with E-state index in [0.717, 1.165) is 25.4 Å². The third-order valence-corrected chi connectivity index (χ3v) is 3.22. The zero-order valence-corrected chi connectivity index (χ0v) is 8.25. The third-order valence-electron chi connectivity index (χ3n) is 3.22. The van der Waals surface area contributed by atoms with Crippen LogP contribution in [0, 0.1) is 5.92 Å². The van der Waals surface area contributed by atoms with Gasteiger partial charge in [0.2, 0.25) is 0 Å². The predicted molar refractivity (Wildman–Crippen MR) is 51.5 cm³/mol. The smallest absolute Gasteiger partial charge is 0.317 e. The number of hydrogen-bond donors (Lipinski definition) is 1. The molecule has 1 aliphatic heterocycles. The highest BCUT2D eigenvalue weighted by molar-refractivity contribution is 5.75. The van der Waals surface area contributed by atoms with E-state index in [1.165, 1.54) is 19.3 Å². The zero-order valence-electron chi connectivity index (χ0n) is 8.25. The van der Waals surface area contributed by atoms with Gasteiger partial charge in [-0.3, -0.25) is 0 Å². The van der Waals surface area contributed by atoms with Gasteiger partial charge in [0, 0.05) is 19.1 Å². The van der Waals surface area contributed by atoms with Gasteiger partial charge in [-0.1, -0.05) is 6.92 Å². The Morgan fingerprint density at radius 2 is 2.31 bits per heavy atom. The van der Waals surface area contributed by atoms with Crippen LogP contribution in [0.15, 0.2) is 0 Å². The Morgan fingerprint density at radius 1 is 1.46 bits per heavy atom. The van der Waals surface area contributed by atoms with Crippen molar-refractivity contribution in [3.63, 3.8) is 0 Å². The van der Waals surface area contributed by atoms with E-state index in [1.807, 2.05) is 4.90 Å². The maximum atomic E-state index is 11.5. The molecule has 1 saturated heterocycles. The Balaban J connectivity index is 1.95. The van der Waals surface area contributed by atoms with Crippen LogP contribution in [-0.4, -0.2) is 30.1 Å². The molecule has 2 fully saturated rings. The lowest BCUT2D eigenvalue weighted by atomic mass is 10.1. The Kier molecular flexibility index (Phi) is 2.42. The number of nitrogens with one attached hydrogen (secondary N) is 1. The fourth-order valence-corrected chi connectivity index (χ4v) is 2.46. The summed E-state index contributed by atoms with van der Waals surface area (Å²) in [6.45, 7) is 4.10. The fraction of sp³-hybridized carbons (Fsp3) is 0.900. The van der Waals surface area contributed by atoms with E-state index >= 15 is 0 Å². The summed E-state index contributed by atoms with van der Waals surface area (Å²) >= 11 is 0. The second-order valence-corrected chi connectivity index (χ2v) is 4.35. The van der Waals surface area contributed by atoms with Crippen molar-refractivity contribution >= 4 is 6.03 Å². The average Bonchev–Trinajstić information content (AvgIpc) is 2.53. The normalized spacial score (nSPS) is 34.8. The van der Waals surface area contributed by atoms with Crippen molar-refractivity contribution in [2.24, 2.45) is 5.92 Å². The van der Waals surface area contributed by atoms with Gasteiger partial charge < -0.3 is 10.2 Å². The summed E-state index contributed by atoms with van der Waals surface area (Å²) in [4.78, 5) is 13.5. The van der Waals surface area contributed by atoms with E-state index in [-0.39, 0.29) is 6.03 Å². The van der Waals surface area contributed by atoms with Crippen molar-refractivity contribution in [3.05, 3.63) is 0 Å². The van der Waals surface area contributed by atoms with Crippen molar-refractivity contribution < 1.29 is 4.79 Å². The fourth-order valence-electron chi connectivity index (χ4n) is 2.46. The molecule has 1 saturated carbocycles. The largest absolute Gasteiger partial charge is 0.338 e. The Bertz CT molecular complexity index is 205. The minimum Gasteiger partial charge on any atom is -0.338 e. The van der Waals surface area contributed by atoms with Crippen LogP contribution in [-0.2, 0) is 0 Å². The molecule has 0 spiro atoms. The molecule has 2 unspecified atom stereocenters. The first-order valence-corrected chi connectivity index (χ1v) is 5.32. The lowest BCUT2D eigenvalue weighted by Gasteiger charge is -2.32. The molecule has 74 valence electrons. The Labute approximate surface area is 79.5 Å². The molecule has 2 rings (SSSR count). The molecule has 0 aromatic carbocycles. The van der Waals surface area contributed by atoms with Crippen LogP contribution in [0.2, 0.25) is 0 Å². The molecule has 0 aromatic rings. The molecule has 3 heteroatoms. The lowest BCUT2D eigenvalue weighted by molar-refractivity contribution is 0.161. The summed E-state index contributed by atoms with van der Waals surface area (Å²) < 4.78 is 0. The standard InChI is InChI=1S/C10H18N2O/c1-8-3-4-9(7-8)12-6-2-5-11-10(12)13/h8-9H,2-7H2,1H3,(H,11,13). The summed E-state index contributed by atoms with van der Waals surface area (Å²) in [6, 6.07) is 0.681. The molecule has 13 heavy (non-hydrogen) atoms. The van der Waals surface area contributed by atoms with Gasteiger partial charge in [-0.15, -0.1) is 0 Å². The molecule has 2 atom stereocenters. The van der Waals surface area contributed by atoms with Gasteiger partial charge in [-0.05, 0) is 31.6 Å². The second kappa shape index (κ2) is 3.56. The van der Waals surface area contributed by atoms with Crippen molar-refractivity contribution in [2.45, 2.75) is 38.6 Å². The van der Waals surface area contributed by atoms with Crippen LogP contribution in [0.3, 0.4) is 0 Å². The molecule has 1 heterocycles. The number of carbonyl (C=O) groups is 1. The van der Waals surface area contributed by atoms with E-state index in [4.69, 9.17) is 0 Å². The van der Waals surface area contributed by atoms with Gasteiger partial charge in [0.05, 0.1) is 0 Å². The second-order valence-electron chi connectivity index (χ2n) is 4.35. The first kappa shape index (κ1) is 8.85. The third kappa shape index (κ3) is 1.79. The molecule has 2 amide bonds. The summed E-state index contributed by atoms with van der Waals surface area (Å²) in [5.41, 5.74) is 0. The SMILES string of the molecule is CC1CCC(N2CCCNC2=O)C1. The number of hydrogen-bond acceptors (Lipinski definition) is 1. The van der Waals surface area contributed by atoms with E-state index in [0.29, 0.717) is 6.04 Å². The average molecular weight is 182 g/mol. The first-order valence-electron chi connectivity index (χ1n) is 5.32. The topological polar surface area (TPSA) is 32.3 Å². The molecular weight excluding hydrogens is 164 g/mol. The number of nitrogens with zero attached hydrogens (tertiary/aromatic N) is 1. The van der Waals surface area contributed by atoms with Gasteiger partial charge in [0.25, 0.3) is 0 Å². The molecule has 0 bridgehead atoms. The van der Waals surface area contributed by atoms with Crippen LogP contribution in [0.25, 0.3) is 0 Å². The molecule has 0 radical (unpaired) electrons. The molecule has 0 aromatic heterocycles. The van der Waals surface area contributed by atoms with Gasteiger partial charge in [0.1, 0.15) is 0 Å². The highest BCUT2D eigenvalue weighted by Gasteiger charge is 2.30. The first-order chi connectivity index (χ1) is 6.27. The number of rotatable bonds is 1. The summed E-state index contributed by atoms with van der Waals surface area (Å²) in [6.07, 6.45) is 4.80. The van der Waals surface area contributed by atoms with E-state index in [9.17, 15) is 4.79 Å². The maximum Gasteiger partial charge on any atom is 0.317 e. The predicted octanol–water partition coefficient (Wildman–Crippen LogP) is 1.59. The highest BCUT2D eigenvalue weighted by atomic mass is 16.2. The van der Waals surface area contributed by atoms with Gasteiger partial charge >= 0.3 is 6.03 Å². The summed E-state index contributed by atoms with van der Waals surface area (Å²) in [7, 11) is 0. The van der Waals surface area contributed by atoms with Crippen molar-refractivity contribution in [1.29, 1.82) is 0 Å². The molecular formula is C10H18N2O. The molecule has 1 aliphatic carbocycles. The van der Waals surface area contributed by atoms with Crippen LogP contribution < -0.4 is 5.32 Å². The van der Waals surface area contributed by atoms with Crippen LogP contribution in [0.4, 0.5) is 4.79 Å². The van der Waals surface area contributed by atoms with Crippen molar-refractivity contribution in [2.75, 3.05) is 13.1 Å². The number of urea groups is 1. The molecule has 1 N–H and O–H groups in total. The van der Waals surface area contributed by atoms with Gasteiger partial charge in [-0.2, -0.15) is 0 Å². The number of carbonyl (C=O) groups excluding carboxylic acids is 1. The minimum atomic E-state index is 0.158. The van der Waals surface area contributed by atoms with E-state index in [1.54, 1.807) is 0 Å². The van der Waals surface area contributed by atoms with Crippen LogP contribution in [0.5, 0.6) is 0 Å². The van der Waals surface area contributed by atoms with E-state index < -0.39 is 0 Å². The number of amides is 2.